The average molecular weight is 512 g/mol. The Morgan fingerprint density at radius 3 is 1.43 bits per heavy atom. The third kappa shape index (κ3) is 2.73. The van der Waals surface area contributed by atoms with E-state index in [0.29, 0.717) is 0 Å². The number of hydrogen-bond donors (Lipinski definition) is 0. The number of nitrogens with zero attached hydrogens (tertiary/aromatic N) is 3. The minimum absolute atomic E-state index is 1.17. The zero-order chi connectivity index (χ0) is 26.4. The molecule has 0 unspecified atom stereocenters. The van der Waals surface area contributed by atoms with Crippen molar-refractivity contribution < 1.29 is 0 Å². The summed E-state index contributed by atoms with van der Waals surface area (Å²) in [5.41, 5.74) is 9.73. The van der Waals surface area contributed by atoms with E-state index in [1.807, 2.05) is 0 Å². The number of aromatic nitrogens is 3. The van der Waals surface area contributed by atoms with Crippen molar-refractivity contribution in [1.82, 2.24) is 13.7 Å². The first-order valence-electron chi connectivity index (χ1n) is 13.8. The van der Waals surface area contributed by atoms with E-state index in [-0.39, 0.29) is 0 Å². The minimum Gasteiger partial charge on any atom is -0.344 e. The van der Waals surface area contributed by atoms with Crippen LogP contribution < -0.4 is 0 Å². The van der Waals surface area contributed by atoms with E-state index < -0.39 is 0 Å². The zero-order valence-electron chi connectivity index (χ0n) is 22.0. The normalized spacial score (nSPS) is 12.1. The van der Waals surface area contributed by atoms with E-state index in [9.17, 15) is 0 Å². The van der Waals surface area contributed by atoms with Gasteiger partial charge >= 0.3 is 0 Å². The van der Waals surface area contributed by atoms with Crippen LogP contribution in [0, 0.1) is 0 Å². The van der Waals surface area contributed by atoms with Crippen LogP contribution in [0.4, 0.5) is 0 Å². The molecule has 0 radical (unpaired) electrons. The summed E-state index contributed by atoms with van der Waals surface area (Å²) in [6, 6.07) is 48.6. The van der Waals surface area contributed by atoms with E-state index >= 15 is 0 Å². The van der Waals surface area contributed by atoms with Gasteiger partial charge in [-0.05, 0) is 42.5 Å². The fourth-order valence-corrected chi connectivity index (χ4v) is 6.90. The van der Waals surface area contributed by atoms with Gasteiger partial charge < -0.3 is 13.7 Å². The SMILES string of the molecule is Cn1c2ccccc2c2ccc(-n3c4ccccc4c4ccc5c6ccccc6n(-c6ccccc6)c5c43)cc21. The summed E-state index contributed by atoms with van der Waals surface area (Å²) < 4.78 is 7.23. The van der Waals surface area contributed by atoms with Gasteiger partial charge in [0.15, 0.2) is 0 Å². The number of fused-ring (bicyclic) bond motifs is 10. The molecule has 0 atom stereocenters. The van der Waals surface area contributed by atoms with Gasteiger partial charge in [-0.2, -0.15) is 0 Å². The fraction of sp³-hybridized carbons (Fsp3) is 0.0270. The first-order chi connectivity index (χ1) is 19.8. The summed E-state index contributed by atoms with van der Waals surface area (Å²) in [5, 5.41) is 7.64. The molecule has 0 aliphatic rings. The molecule has 188 valence electrons. The molecule has 40 heavy (non-hydrogen) atoms. The predicted octanol–water partition coefficient (Wildman–Crippen LogP) is 9.53. The maximum absolute atomic E-state index is 2.47. The van der Waals surface area contributed by atoms with E-state index in [2.05, 4.69) is 154 Å². The summed E-state index contributed by atoms with van der Waals surface area (Å²) in [5.74, 6) is 0. The van der Waals surface area contributed by atoms with E-state index in [1.54, 1.807) is 0 Å². The van der Waals surface area contributed by atoms with E-state index in [4.69, 9.17) is 0 Å². The standard InChI is InChI=1S/C37H25N3/c1-38-32-16-8-5-13-26(32)29-20-19-25(23-35(29)38)40-34-18-10-7-15-28(34)31-22-21-30-27-14-6-9-17-33(27)39(36(30)37(31)40)24-11-3-2-4-12-24/h2-23H,1H3. The molecule has 0 aliphatic heterocycles. The van der Waals surface area contributed by atoms with Crippen molar-refractivity contribution in [3.63, 3.8) is 0 Å². The molecule has 0 fully saturated rings. The largest absolute Gasteiger partial charge is 0.344 e. The Hall–Kier alpha value is -5.28. The number of benzene rings is 6. The number of rotatable bonds is 2. The molecule has 0 amide bonds. The van der Waals surface area contributed by atoms with Crippen LogP contribution in [0.3, 0.4) is 0 Å². The van der Waals surface area contributed by atoms with Crippen LogP contribution in [0.2, 0.25) is 0 Å². The lowest BCUT2D eigenvalue weighted by atomic mass is 10.1. The lowest BCUT2D eigenvalue weighted by Gasteiger charge is -2.13. The van der Waals surface area contributed by atoms with Crippen molar-refractivity contribution >= 4 is 65.4 Å². The molecule has 0 spiro atoms. The third-order valence-electron chi connectivity index (χ3n) is 8.64. The summed E-state index contributed by atoms with van der Waals surface area (Å²) in [7, 11) is 2.17. The summed E-state index contributed by atoms with van der Waals surface area (Å²) >= 11 is 0. The molecular weight excluding hydrogens is 486 g/mol. The van der Waals surface area contributed by atoms with Gasteiger partial charge in [0.25, 0.3) is 0 Å². The maximum Gasteiger partial charge on any atom is 0.0788 e. The van der Waals surface area contributed by atoms with E-state index in [1.165, 1.54) is 76.8 Å². The second-order valence-electron chi connectivity index (χ2n) is 10.7. The van der Waals surface area contributed by atoms with Crippen LogP contribution in [0.5, 0.6) is 0 Å². The molecule has 3 heteroatoms. The molecular formula is C37H25N3. The molecule has 9 aromatic rings. The Balaban J connectivity index is 1.50. The molecule has 3 aromatic heterocycles. The highest BCUT2D eigenvalue weighted by Crippen LogP contribution is 2.42. The summed E-state index contributed by atoms with van der Waals surface area (Å²) in [6.07, 6.45) is 0. The van der Waals surface area contributed by atoms with Gasteiger partial charge in [-0.15, -0.1) is 0 Å². The van der Waals surface area contributed by atoms with Crippen LogP contribution in [-0.2, 0) is 7.05 Å². The van der Waals surface area contributed by atoms with Gasteiger partial charge in [-0.1, -0.05) is 91.0 Å². The van der Waals surface area contributed by atoms with Gasteiger partial charge in [-0.3, -0.25) is 0 Å². The highest BCUT2D eigenvalue weighted by molar-refractivity contribution is 6.24. The quantitative estimate of drug-likeness (QED) is 0.219. The Bertz CT molecular complexity index is 2430. The summed E-state index contributed by atoms with van der Waals surface area (Å²) in [6.45, 7) is 0. The molecule has 3 nitrogen and oxygen atoms in total. The smallest absolute Gasteiger partial charge is 0.0788 e. The average Bonchev–Trinajstić information content (AvgIpc) is 3.63. The second-order valence-corrected chi connectivity index (χ2v) is 10.7. The van der Waals surface area contributed by atoms with Gasteiger partial charge in [0.2, 0.25) is 0 Å². The first-order valence-corrected chi connectivity index (χ1v) is 13.8. The summed E-state index contributed by atoms with van der Waals surface area (Å²) in [4.78, 5) is 0. The van der Waals surface area contributed by atoms with Crippen molar-refractivity contribution in [2.45, 2.75) is 0 Å². The Labute approximate surface area is 230 Å². The Morgan fingerprint density at radius 1 is 0.350 bits per heavy atom. The number of hydrogen-bond acceptors (Lipinski definition) is 0. The highest BCUT2D eigenvalue weighted by atomic mass is 15.0. The van der Waals surface area contributed by atoms with Gasteiger partial charge in [0.05, 0.1) is 27.6 Å². The molecule has 0 saturated heterocycles. The third-order valence-corrected chi connectivity index (χ3v) is 8.64. The predicted molar refractivity (Wildman–Crippen MR) is 169 cm³/mol. The lowest BCUT2D eigenvalue weighted by Crippen LogP contribution is -1.99. The fourth-order valence-electron chi connectivity index (χ4n) is 6.90. The topological polar surface area (TPSA) is 14.8 Å². The highest BCUT2D eigenvalue weighted by Gasteiger charge is 2.21. The molecule has 0 aliphatic carbocycles. The molecule has 0 bridgehead atoms. The minimum atomic E-state index is 1.17. The molecule has 9 rings (SSSR count). The van der Waals surface area contributed by atoms with Crippen LogP contribution in [0.15, 0.2) is 133 Å². The Kier molecular flexibility index (Phi) is 4.26. The number of aryl methyl sites for hydroxylation is 1. The van der Waals surface area contributed by atoms with Crippen molar-refractivity contribution in [3.05, 3.63) is 133 Å². The van der Waals surface area contributed by atoms with Crippen LogP contribution >= 0.6 is 0 Å². The van der Waals surface area contributed by atoms with Crippen LogP contribution in [0.25, 0.3) is 76.8 Å². The van der Waals surface area contributed by atoms with Crippen LogP contribution in [-0.4, -0.2) is 13.7 Å². The van der Waals surface area contributed by atoms with Crippen LogP contribution in [0.1, 0.15) is 0 Å². The molecule has 3 heterocycles. The van der Waals surface area contributed by atoms with Crippen molar-refractivity contribution in [2.24, 2.45) is 7.05 Å². The molecule has 0 saturated carbocycles. The van der Waals surface area contributed by atoms with Gasteiger partial charge in [0.1, 0.15) is 0 Å². The van der Waals surface area contributed by atoms with Crippen molar-refractivity contribution in [1.29, 1.82) is 0 Å². The molecule has 0 N–H and O–H groups in total. The monoisotopic (exact) mass is 511 g/mol. The van der Waals surface area contributed by atoms with E-state index in [0.717, 1.165) is 0 Å². The van der Waals surface area contributed by atoms with Gasteiger partial charge in [0, 0.05) is 56.3 Å². The zero-order valence-corrected chi connectivity index (χ0v) is 22.0. The molecule has 6 aromatic carbocycles. The van der Waals surface area contributed by atoms with Crippen molar-refractivity contribution in [3.8, 4) is 11.4 Å². The first kappa shape index (κ1) is 21.6. The maximum atomic E-state index is 2.47. The van der Waals surface area contributed by atoms with Gasteiger partial charge in [-0.25, -0.2) is 0 Å². The second kappa shape index (κ2) is 7.87. The lowest BCUT2D eigenvalue weighted by molar-refractivity contribution is 1.01. The Morgan fingerprint density at radius 2 is 0.800 bits per heavy atom. The number of para-hydroxylation sites is 4. The van der Waals surface area contributed by atoms with Crippen molar-refractivity contribution in [2.75, 3.05) is 0 Å².